The minimum atomic E-state index is 0.0232. The molecule has 24 heavy (non-hydrogen) atoms. The number of nitrogens with two attached hydrogens (primary N) is 1. The molecule has 4 N–H and O–H groups in total. The molecule has 0 radical (unpaired) electrons. The van der Waals surface area contributed by atoms with Gasteiger partial charge in [0.1, 0.15) is 0 Å². The van der Waals surface area contributed by atoms with Gasteiger partial charge in [-0.2, -0.15) is 0 Å². The highest BCUT2D eigenvalue weighted by Gasteiger charge is 2.20. The van der Waals surface area contributed by atoms with E-state index in [1.54, 1.807) is 0 Å². The molecule has 1 aliphatic heterocycles. The van der Waals surface area contributed by atoms with Crippen LogP contribution in [0, 0.1) is 0 Å². The maximum Gasteiger partial charge on any atom is 0.228 e. The summed E-state index contributed by atoms with van der Waals surface area (Å²) in [5.74, 6) is 0.0232. The number of halogens is 1. The predicted octanol–water partition coefficient (Wildman–Crippen LogP) is 3.41. The summed E-state index contributed by atoms with van der Waals surface area (Å²) < 4.78 is 0. The third-order valence-corrected chi connectivity index (χ3v) is 4.70. The van der Waals surface area contributed by atoms with Crippen LogP contribution in [0.3, 0.4) is 0 Å². The second-order valence-electron chi connectivity index (χ2n) is 5.82. The van der Waals surface area contributed by atoms with Gasteiger partial charge < -0.3 is 16.4 Å². The second kappa shape index (κ2) is 6.67. The minimum Gasteiger partial charge on any atom is -0.391 e. The lowest BCUT2D eigenvalue weighted by Gasteiger charge is -2.17. The fourth-order valence-electron chi connectivity index (χ4n) is 3.07. The van der Waals surface area contributed by atoms with Crippen LogP contribution in [-0.4, -0.2) is 19.5 Å². The second-order valence-corrected chi connectivity index (χ2v) is 6.22. The van der Waals surface area contributed by atoms with Crippen LogP contribution < -0.4 is 16.4 Å². The van der Waals surface area contributed by atoms with E-state index < -0.39 is 0 Å². The molecule has 0 atom stereocenters. The molecule has 0 aromatic heterocycles. The van der Waals surface area contributed by atoms with Crippen molar-refractivity contribution in [2.45, 2.75) is 13.3 Å². The summed E-state index contributed by atoms with van der Waals surface area (Å²) in [5, 5.41) is 6.68. The molecule has 2 aromatic rings. The Morgan fingerprint density at radius 1 is 1.33 bits per heavy atom. The van der Waals surface area contributed by atoms with Gasteiger partial charge in [-0.1, -0.05) is 29.8 Å². The van der Waals surface area contributed by atoms with Gasteiger partial charge in [-0.05, 0) is 47.4 Å². The quantitative estimate of drug-likeness (QED) is 0.798. The molecule has 0 fully saturated rings. The van der Waals surface area contributed by atoms with Crippen molar-refractivity contribution in [1.82, 2.24) is 5.32 Å². The lowest BCUT2D eigenvalue weighted by atomic mass is 9.92. The number of carbonyl (C=O) groups excluding carboxylic acids is 1. The zero-order valence-electron chi connectivity index (χ0n) is 13.7. The van der Waals surface area contributed by atoms with E-state index in [9.17, 15) is 4.79 Å². The summed E-state index contributed by atoms with van der Waals surface area (Å²) in [6.07, 6.45) is 0.401. The van der Waals surface area contributed by atoms with Crippen LogP contribution in [0.25, 0.3) is 16.7 Å². The first-order valence-corrected chi connectivity index (χ1v) is 8.22. The van der Waals surface area contributed by atoms with E-state index >= 15 is 0 Å². The molecule has 3 rings (SSSR count). The summed E-state index contributed by atoms with van der Waals surface area (Å²) in [6, 6.07) is 11.8. The molecular formula is C19H20ClN3O. The molecule has 1 heterocycles. The van der Waals surface area contributed by atoms with Crippen LogP contribution in [-0.2, 0) is 11.2 Å². The van der Waals surface area contributed by atoms with Gasteiger partial charge in [-0.3, -0.25) is 4.79 Å². The van der Waals surface area contributed by atoms with Gasteiger partial charge in [0.25, 0.3) is 0 Å². The van der Waals surface area contributed by atoms with Crippen LogP contribution in [0.2, 0.25) is 5.02 Å². The number of anilines is 1. The third-order valence-electron chi connectivity index (χ3n) is 4.39. The normalized spacial score (nSPS) is 14.1. The van der Waals surface area contributed by atoms with E-state index in [2.05, 4.69) is 10.6 Å². The zero-order chi connectivity index (χ0) is 17.3. The van der Waals surface area contributed by atoms with E-state index in [1.165, 1.54) is 0 Å². The maximum absolute atomic E-state index is 11.6. The Kier molecular flexibility index (Phi) is 4.60. The number of carbonyl (C=O) groups is 1. The molecule has 0 bridgehead atoms. The number of rotatable bonds is 4. The number of amides is 1. The zero-order valence-corrected chi connectivity index (χ0v) is 14.5. The van der Waals surface area contributed by atoms with Crippen LogP contribution in [0.15, 0.2) is 42.1 Å². The molecule has 0 aliphatic carbocycles. The van der Waals surface area contributed by atoms with Crippen LogP contribution in [0.5, 0.6) is 0 Å². The van der Waals surface area contributed by atoms with Gasteiger partial charge in [0, 0.05) is 35.6 Å². The molecule has 0 unspecified atom stereocenters. The molecule has 0 spiro atoms. The molecule has 124 valence electrons. The van der Waals surface area contributed by atoms with E-state index in [-0.39, 0.29) is 5.91 Å². The molecule has 0 saturated heterocycles. The Morgan fingerprint density at radius 3 is 2.83 bits per heavy atom. The average Bonchev–Trinajstić information content (AvgIpc) is 2.94. The standard InChI is InChI=1S/C19H20ClN3O/c1-11(22-2)15(10-21)14-4-3-5-16(20)19(14)12-6-7-17-13(8-12)9-18(24)23-17/h3-8,22H,9-10,21H2,1-2H3,(H,23,24)/b15-11+. The third kappa shape index (κ3) is 2.90. The van der Waals surface area contributed by atoms with E-state index in [4.69, 9.17) is 17.3 Å². The van der Waals surface area contributed by atoms with Crippen molar-refractivity contribution in [3.8, 4) is 11.1 Å². The van der Waals surface area contributed by atoms with Gasteiger partial charge in [0.2, 0.25) is 5.91 Å². The maximum atomic E-state index is 11.6. The van der Waals surface area contributed by atoms with Crippen molar-refractivity contribution in [3.63, 3.8) is 0 Å². The molecule has 4 nitrogen and oxygen atoms in total. The Morgan fingerprint density at radius 2 is 2.12 bits per heavy atom. The number of fused-ring (bicyclic) bond motifs is 1. The highest BCUT2D eigenvalue weighted by Crippen LogP contribution is 2.38. The van der Waals surface area contributed by atoms with Gasteiger partial charge in [-0.25, -0.2) is 0 Å². The topological polar surface area (TPSA) is 67.1 Å². The molecule has 1 aliphatic rings. The first kappa shape index (κ1) is 16.6. The van der Waals surface area contributed by atoms with Crippen LogP contribution in [0.1, 0.15) is 18.1 Å². The monoisotopic (exact) mass is 341 g/mol. The summed E-state index contributed by atoms with van der Waals surface area (Å²) >= 11 is 6.53. The minimum absolute atomic E-state index is 0.0232. The van der Waals surface area contributed by atoms with Gasteiger partial charge in [0.15, 0.2) is 0 Å². The number of hydrogen-bond donors (Lipinski definition) is 3. The van der Waals surface area contributed by atoms with Crippen molar-refractivity contribution in [3.05, 3.63) is 58.2 Å². The van der Waals surface area contributed by atoms with E-state index in [1.807, 2.05) is 50.4 Å². The Labute approximate surface area is 146 Å². The van der Waals surface area contributed by atoms with Crippen molar-refractivity contribution in [2.75, 3.05) is 18.9 Å². The van der Waals surface area contributed by atoms with Gasteiger partial charge in [0.05, 0.1) is 6.42 Å². The van der Waals surface area contributed by atoms with Crippen molar-refractivity contribution >= 4 is 28.8 Å². The Hall–Kier alpha value is -2.30. The molecule has 2 aromatic carbocycles. The van der Waals surface area contributed by atoms with Crippen molar-refractivity contribution < 1.29 is 4.79 Å². The molecular weight excluding hydrogens is 322 g/mol. The van der Waals surface area contributed by atoms with Crippen LogP contribution in [0.4, 0.5) is 5.69 Å². The summed E-state index contributed by atoms with van der Waals surface area (Å²) in [4.78, 5) is 11.6. The number of hydrogen-bond acceptors (Lipinski definition) is 3. The number of allylic oxidation sites excluding steroid dienone is 1. The smallest absolute Gasteiger partial charge is 0.228 e. The Bertz CT molecular complexity index is 843. The van der Waals surface area contributed by atoms with Gasteiger partial charge >= 0.3 is 0 Å². The SMILES string of the molecule is CN/C(C)=C(\CN)c1cccc(Cl)c1-c1ccc2c(c1)CC(=O)N2. The predicted molar refractivity (Wildman–Crippen MR) is 99.9 cm³/mol. The summed E-state index contributed by atoms with van der Waals surface area (Å²) in [5.41, 5.74) is 12.8. The van der Waals surface area contributed by atoms with E-state index in [0.29, 0.717) is 18.0 Å². The summed E-state index contributed by atoms with van der Waals surface area (Å²) in [7, 11) is 1.88. The number of nitrogens with one attached hydrogen (secondary N) is 2. The summed E-state index contributed by atoms with van der Waals surface area (Å²) in [6.45, 7) is 2.41. The molecule has 1 amide bonds. The molecule has 5 heteroatoms. The van der Waals surface area contributed by atoms with Crippen molar-refractivity contribution in [2.24, 2.45) is 5.73 Å². The average molecular weight is 342 g/mol. The highest BCUT2D eigenvalue weighted by molar-refractivity contribution is 6.33. The molecule has 0 saturated carbocycles. The van der Waals surface area contributed by atoms with Crippen LogP contribution >= 0.6 is 11.6 Å². The first-order chi connectivity index (χ1) is 11.5. The lowest BCUT2D eigenvalue weighted by Crippen LogP contribution is -2.12. The van der Waals surface area contributed by atoms with Gasteiger partial charge in [-0.15, -0.1) is 0 Å². The van der Waals surface area contributed by atoms with E-state index in [0.717, 1.165) is 39.2 Å². The lowest BCUT2D eigenvalue weighted by molar-refractivity contribution is -0.115. The highest BCUT2D eigenvalue weighted by atomic mass is 35.5. The Balaban J connectivity index is 2.19. The largest absolute Gasteiger partial charge is 0.391 e. The van der Waals surface area contributed by atoms with Crippen molar-refractivity contribution in [1.29, 1.82) is 0 Å². The fraction of sp³-hybridized carbons (Fsp3) is 0.211. The fourth-order valence-corrected chi connectivity index (χ4v) is 3.35. The first-order valence-electron chi connectivity index (χ1n) is 7.84. The number of benzene rings is 2.